The van der Waals surface area contributed by atoms with Gasteiger partial charge in [0.25, 0.3) is 0 Å². The Balaban J connectivity index is 3.26. The summed E-state index contributed by atoms with van der Waals surface area (Å²) in [5, 5.41) is 1.10. The van der Waals surface area contributed by atoms with Crippen LogP contribution in [-0.4, -0.2) is 18.1 Å². The third kappa shape index (κ3) is 10.8. The molecule has 2 nitrogen and oxygen atoms in total. The molecule has 0 aromatic carbocycles. The largest absolute Gasteiger partial charge is 0.508 e. The van der Waals surface area contributed by atoms with Gasteiger partial charge in [0.05, 0.1) is 6.61 Å². The number of unbranched alkanes of at least 4 members (excludes halogenated alkanes) is 1. The Morgan fingerprint density at radius 1 is 1.27 bits per heavy atom. The maximum absolute atomic E-state index is 11.2. The minimum atomic E-state index is -1.38. The first-order chi connectivity index (χ1) is 7.20. The zero-order chi connectivity index (χ0) is 11.5. The summed E-state index contributed by atoms with van der Waals surface area (Å²) in [5.41, 5.74) is 0. The monoisotopic (exact) mass is 297 g/mol. The highest BCUT2D eigenvalue weighted by molar-refractivity contribution is 9.09. The van der Waals surface area contributed by atoms with Crippen LogP contribution < -0.4 is 0 Å². The highest BCUT2D eigenvalue weighted by Gasteiger charge is 2.14. The summed E-state index contributed by atoms with van der Waals surface area (Å²) in [7, 11) is -1.38. The Bertz CT molecular complexity index is 165. The third-order valence-corrected chi connectivity index (χ3v) is 4.18. The second-order valence-electron chi connectivity index (χ2n) is 3.91. The second-order valence-corrected chi connectivity index (χ2v) is 6.07. The van der Waals surface area contributed by atoms with Gasteiger partial charge in [0, 0.05) is 5.33 Å². The molecule has 4 heteroatoms. The fourth-order valence-corrected chi connectivity index (χ4v) is 2.73. The van der Waals surface area contributed by atoms with E-state index in [-0.39, 0.29) is 0 Å². The Kier molecular flexibility index (Phi) is 11.4. The Morgan fingerprint density at radius 3 is 2.53 bits per heavy atom. The molecule has 0 aliphatic heterocycles. The minimum absolute atomic E-state index is 0.566. The maximum atomic E-state index is 11.2. The van der Waals surface area contributed by atoms with Crippen molar-refractivity contribution in [3.63, 3.8) is 0 Å². The highest BCUT2D eigenvalue weighted by atomic mass is 79.9. The first kappa shape index (κ1) is 15.5. The van der Waals surface area contributed by atoms with E-state index in [1.54, 1.807) is 0 Å². The SMILES string of the molecule is CCO[P+](=O)CCCCC(C)CCCBr. The van der Waals surface area contributed by atoms with Gasteiger partial charge in [-0.3, -0.25) is 0 Å². The second kappa shape index (κ2) is 11.0. The van der Waals surface area contributed by atoms with Crippen molar-refractivity contribution in [1.82, 2.24) is 0 Å². The number of hydrogen-bond acceptors (Lipinski definition) is 2. The lowest BCUT2D eigenvalue weighted by Gasteiger charge is -2.08. The average molecular weight is 298 g/mol. The Hall–Kier alpha value is 0.540. The molecule has 90 valence electrons. The fraction of sp³-hybridized carbons (Fsp3) is 1.00. The molecule has 0 bridgehead atoms. The summed E-state index contributed by atoms with van der Waals surface area (Å²) >= 11 is 3.44. The predicted octanol–water partition coefficient (Wildman–Crippen LogP) is 4.75. The molecule has 0 aliphatic carbocycles. The normalized spacial score (nSPS) is 13.9. The van der Waals surface area contributed by atoms with Crippen LogP contribution in [0.25, 0.3) is 0 Å². The number of hydrogen-bond donors (Lipinski definition) is 0. The van der Waals surface area contributed by atoms with E-state index in [9.17, 15) is 4.57 Å². The Labute approximate surface area is 103 Å². The molecule has 2 atom stereocenters. The van der Waals surface area contributed by atoms with Gasteiger partial charge in [0.1, 0.15) is 0 Å². The lowest BCUT2D eigenvalue weighted by Crippen LogP contribution is -1.96. The van der Waals surface area contributed by atoms with Crippen LogP contribution in [0.3, 0.4) is 0 Å². The lowest BCUT2D eigenvalue weighted by atomic mass is 10.00. The molecule has 0 fully saturated rings. The standard InChI is InChI=1S/C11H23BrO2P/c1-3-14-15(13)10-5-4-7-11(2)8-6-9-12/h11H,3-10H2,1-2H3/q+1. The fourth-order valence-electron chi connectivity index (χ4n) is 1.51. The summed E-state index contributed by atoms with van der Waals surface area (Å²) in [5.74, 6) is 0.799. The van der Waals surface area contributed by atoms with Crippen molar-refractivity contribution in [3.05, 3.63) is 0 Å². The van der Waals surface area contributed by atoms with Crippen LogP contribution in [0.5, 0.6) is 0 Å². The van der Waals surface area contributed by atoms with Gasteiger partial charge in [-0.1, -0.05) is 29.3 Å². The molecular formula is C11H23BrO2P+. The zero-order valence-corrected chi connectivity index (χ0v) is 12.4. The van der Waals surface area contributed by atoms with Crippen molar-refractivity contribution in [2.24, 2.45) is 5.92 Å². The zero-order valence-electron chi connectivity index (χ0n) is 9.88. The quantitative estimate of drug-likeness (QED) is 0.330. The predicted molar refractivity (Wildman–Crippen MR) is 70.1 cm³/mol. The van der Waals surface area contributed by atoms with Crippen molar-refractivity contribution in [2.75, 3.05) is 18.1 Å². The molecule has 0 saturated heterocycles. The highest BCUT2D eigenvalue weighted by Crippen LogP contribution is 2.24. The summed E-state index contributed by atoms with van der Waals surface area (Å²) in [4.78, 5) is 0. The van der Waals surface area contributed by atoms with Crippen LogP contribution >= 0.6 is 24.0 Å². The van der Waals surface area contributed by atoms with E-state index < -0.39 is 8.03 Å². The molecule has 0 heterocycles. The van der Waals surface area contributed by atoms with E-state index >= 15 is 0 Å². The molecular weight excluding hydrogens is 275 g/mol. The van der Waals surface area contributed by atoms with Gasteiger partial charge in [-0.15, -0.1) is 4.52 Å². The molecule has 0 amide bonds. The van der Waals surface area contributed by atoms with E-state index in [0.29, 0.717) is 6.61 Å². The first-order valence-corrected chi connectivity index (χ1v) is 8.32. The third-order valence-electron chi connectivity index (χ3n) is 2.39. The molecule has 2 unspecified atom stereocenters. The van der Waals surface area contributed by atoms with Gasteiger partial charge in [-0.05, 0) is 43.1 Å². The summed E-state index contributed by atoms with van der Waals surface area (Å²) < 4.78 is 16.2. The van der Waals surface area contributed by atoms with E-state index in [4.69, 9.17) is 4.52 Å². The molecule has 0 aliphatic rings. The van der Waals surface area contributed by atoms with E-state index in [0.717, 1.165) is 23.8 Å². The van der Waals surface area contributed by atoms with Gasteiger partial charge in [0.15, 0.2) is 6.16 Å². The molecule has 0 radical (unpaired) electrons. The van der Waals surface area contributed by atoms with Crippen LogP contribution in [0.4, 0.5) is 0 Å². The van der Waals surface area contributed by atoms with Crippen LogP contribution in [0.2, 0.25) is 0 Å². The van der Waals surface area contributed by atoms with Gasteiger partial charge in [-0.2, -0.15) is 0 Å². The molecule has 0 saturated carbocycles. The number of halogens is 1. The van der Waals surface area contributed by atoms with Crippen LogP contribution in [0, 0.1) is 5.92 Å². The van der Waals surface area contributed by atoms with Crippen molar-refractivity contribution < 1.29 is 9.09 Å². The van der Waals surface area contributed by atoms with E-state index in [1.165, 1.54) is 25.7 Å². The van der Waals surface area contributed by atoms with Crippen molar-refractivity contribution in [1.29, 1.82) is 0 Å². The molecule has 0 spiro atoms. The minimum Gasteiger partial charge on any atom is -0.147 e. The van der Waals surface area contributed by atoms with Gasteiger partial charge < -0.3 is 0 Å². The number of rotatable bonds is 10. The summed E-state index contributed by atoms with van der Waals surface area (Å²) in [6.45, 7) is 4.75. The molecule has 15 heavy (non-hydrogen) atoms. The van der Waals surface area contributed by atoms with Gasteiger partial charge in [0.2, 0.25) is 0 Å². The maximum Gasteiger partial charge on any atom is 0.508 e. The molecule has 0 N–H and O–H groups in total. The van der Waals surface area contributed by atoms with Crippen LogP contribution in [0.1, 0.15) is 46.0 Å². The molecule has 0 aromatic rings. The molecule has 0 rings (SSSR count). The van der Waals surface area contributed by atoms with Crippen molar-refractivity contribution in [2.45, 2.75) is 46.0 Å². The van der Waals surface area contributed by atoms with E-state index in [2.05, 4.69) is 22.9 Å². The van der Waals surface area contributed by atoms with E-state index in [1.807, 2.05) is 6.92 Å². The van der Waals surface area contributed by atoms with Crippen molar-refractivity contribution in [3.8, 4) is 0 Å². The Morgan fingerprint density at radius 2 is 1.93 bits per heavy atom. The van der Waals surface area contributed by atoms with Crippen molar-refractivity contribution >= 4 is 24.0 Å². The van der Waals surface area contributed by atoms with Gasteiger partial charge in [-0.25, -0.2) is 0 Å². The summed E-state index contributed by atoms with van der Waals surface area (Å²) in [6, 6.07) is 0. The smallest absolute Gasteiger partial charge is 0.147 e. The van der Waals surface area contributed by atoms with Crippen LogP contribution in [-0.2, 0) is 9.09 Å². The van der Waals surface area contributed by atoms with Gasteiger partial charge >= 0.3 is 8.03 Å². The van der Waals surface area contributed by atoms with Crippen LogP contribution in [0.15, 0.2) is 0 Å². The lowest BCUT2D eigenvalue weighted by molar-refractivity contribution is 0.349. The first-order valence-electron chi connectivity index (χ1n) is 5.84. The number of alkyl halides is 1. The average Bonchev–Trinajstić information content (AvgIpc) is 2.22. The topological polar surface area (TPSA) is 26.3 Å². The molecule has 0 aromatic heterocycles. The summed E-state index contributed by atoms with van der Waals surface area (Å²) in [6.07, 6.45) is 6.75.